The van der Waals surface area contributed by atoms with Gasteiger partial charge < -0.3 is 29.5 Å². The van der Waals surface area contributed by atoms with Gasteiger partial charge in [-0.3, -0.25) is 4.79 Å². The van der Waals surface area contributed by atoms with Gasteiger partial charge in [0.05, 0.1) is 19.2 Å². The number of urea groups is 1. The highest BCUT2D eigenvalue weighted by atomic mass is 32.1. The van der Waals surface area contributed by atoms with Crippen LogP contribution in [0.5, 0.6) is 11.5 Å². The van der Waals surface area contributed by atoms with E-state index in [0.29, 0.717) is 49.9 Å². The largest absolute Gasteiger partial charge is 0.497 e. The second-order valence-corrected chi connectivity index (χ2v) is 10.6. The molecule has 206 valence electrons. The standard InChI is InChI=1S/C28H34N6O4S/c1-37-22-15-20(16-23(17-22)38-2)18-30-26(35)24-19-39-27(31-24)21-6-9-33(10-7-21)28(36)34-13-11-32(12-14-34)25-5-3-4-8-29-25/h3-5,8,15-17,19,21H,6-7,9-14,18H2,1-2H3,(H,30,35). The number of hydrogen-bond acceptors (Lipinski definition) is 8. The molecule has 1 N–H and O–H groups in total. The Kier molecular flexibility index (Phi) is 8.45. The van der Waals surface area contributed by atoms with Crippen LogP contribution in [0.25, 0.3) is 0 Å². The van der Waals surface area contributed by atoms with E-state index in [0.717, 1.165) is 42.3 Å². The number of ether oxygens (including phenoxy) is 2. The van der Waals surface area contributed by atoms with Crippen molar-refractivity contribution < 1.29 is 19.1 Å². The van der Waals surface area contributed by atoms with Crippen molar-refractivity contribution >= 4 is 29.1 Å². The highest BCUT2D eigenvalue weighted by Gasteiger charge is 2.30. The van der Waals surface area contributed by atoms with E-state index in [-0.39, 0.29) is 17.9 Å². The maximum Gasteiger partial charge on any atom is 0.320 e. The van der Waals surface area contributed by atoms with Crippen LogP contribution in [-0.2, 0) is 6.54 Å². The number of carbonyl (C=O) groups excluding carboxylic acids is 2. The number of likely N-dealkylation sites (tertiary alicyclic amines) is 1. The minimum absolute atomic E-state index is 0.113. The van der Waals surface area contributed by atoms with E-state index in [9.17, 15) is 9.59 Å². The van der Waals surface area contributed by atoms with Crippen LogP contribution in [0.4, 0.5) is 10.6 Å². The van der Waals surface area contributed by atoms with Crippen LogP contribution in [0.1, 0.15) is 39.8 Å². The lowest BCUT2D eigenvalue weighted by Gasteiger charge is -2.39. The topological polar surface area (TPSA) is 100 Å². The Morgan fingerprint density at radius 2 is 1.67 bits per heavy atom. The fraction of sp³-hybridized carbons (Fsp3) is 0.429. The minimum atomic E-state index is -0.211. The number of nitrogens with zero attached hydrogens (tertiary/aromatic N) is 5. The molecule has 0 saturated carbocycles. The molecule has 0 unspecified atom stereocenters. The summed E-state index contributed by atoms with van der Waals surface area (Å²) in [5.41, 5.74) is 1.30. The molecule has 2 aromatic heterocycles. The molecule has 0 aliphatic carbocycles. The number of amides is 3. The summed E-state index contributed by atoms with van der Waals surface area (Å²) in [4.78, 5) is 41.1. The Morgan fingerprint density at radius 3 is 2.31 bits per heavy atom. The molecule has 11 heteroatoms. The average Bonchev–Trinajstić information content (AvgIpc) is 3.50. The number of piperidine rings is 1. The first-order valence-corrected chi connectivity index (χ1v) is 14.1. The molecule has 0 bridgehead atoms. The first-order chi connectivity index (χ1) is 19.0. The van der Waals surface area contributed by atoms with Gasteiger partial charge in [-0.25, -0.2) is 14.8 Å². The minimum Gasteiger partial charge on any atom is -0.497 e. The van der Waals surface area contributed by atoms with Gasteiger partial charge in [0, 0.05) is 69.4 Å². The first kappa shape index (κ1) is 26.7. The number of benzene rings is 1. The molecule has 2 fully saturated rings. The van der Waals surface area contributed by atoms with Crippen LogP contribution in [0, 0.1) is 0 Å². The summed E-state index contributed by atoms with van der Waals surface area (Å²) in [6.45, 7) is 4.70. The molecule has 3 amide bonds. The predicted molar refractivity (Wildman–Crippen MR) is 150 cm³/mol. The molecule has 2 aliphatic heterocycles. The van der Waals surface area contributed by atoms with Crippen LogP contribution >= 0.6 is 11.3 Å². The highest BCUT2D eigenvalue weighted by molar-refractivity contribution is 7.09. The summed E-state index contributed by atoms with van der Waals surface area (Å²) in [6.07, 6.45) is 3.49. The van der Waals surface area contributed by atoms with Crippen molar-refractivity contribution in [1.29, 1.82) is 0 Å². The molecule has 0 atom stereocenters. The van der Waals surface area contributed by atoms with Crippen molar-refractivity contribution in [2.45, 2.75) is 25.3 Å². The number of thiazole rings is 1. The molecule has 5 rings (SSSR count). The van der Waals surface area contributed by atoms with Gasteiger partial charge in [-0.1, -0.05) is 6.07 Å². The number of carbonyl (C=O) groups is 2. The van der Waals surface area contributed by atoms with Gasteiger partial charge in [0.15, 0.2) is 0 Å². The maximum absolute atomic E-state index is 13.1. The number of rotatable bonds is 7. The molecule has 2 saturated heterocycles. The van der Waals surface area contributed by atoms with Gasteiger partial charge in [-0.2, -0.15) is 0 Å². The Labute approximate surface area is 232 Å². The van der Waals surface area contributed by atoms with E-state index in [4.69, 9.17) is 9.47 Å². The molecule has 0 radical (unpaired) electrons. The van der Waals surface area contributed by atoms with Crippen molar-refractivity contribution in [2.75, 3.05) is 58.4 Å². The zero-order valence-electron chi connectivity index (χ0n) is 22.3. The van der Waals surface area contributed by atoms with E-state index in [1.807, 2.05) is 45.5 Å². The zero-order chi connectivity index (χ0) is 27.2. The fourth-order valence-corrected chi connectivity index (χ4v) is 5.98. The van der Waals surface area contributed by atoms with Crippen molar-refractivity contribution in [1.82, 2.24) is 25.1 Å². The van der Waals surface area contributed by atoms with Crippen LogP contribution in [0.3, 0.4) is 0 Å². The lowest BCUT2D eigenvalue weighted by atomic mass is 9.98. The smallest absolute Gasteiger partial charge is 0.320 e. The summed E-state index contributed by atoms with van der Waals surface area (Å²) in [6, 6.07) is 11.5. The van der Waals surface area contributed by atoms with Gasteiger partial charge >= 0.3 is 6.03 Å². The van der Waals surface area contributed by atoms with Gasteiger partial charge in [0.2, 0.25) is 0 Å². The number of aromatic nitrogens is 2. The van der Waals surface area contributed by atoms with Gasteiger partial charge in [0.1, 0.15) is 23.0 Å². The summed E-state index contributed by atoms with van der Waals surface area (Å²) in [5.74, 6) is 2.35. The quantitative estimate of drug-likeness (QED) is 0.480. The molecule has 39 heavy (non-hydrogen) atoms. The van der Waals surface area contributed by atoms with Crippen LogP contribution in [-0.4, -0.2) is 85.2 Å². The third kappa shape index (κ3) is 6.42. The third-order valence-corrected chi connectivity index (χ3v) is 8.26. The zero-order valence-corrected chi connectivity index (χ0v) is 23.2. The molecular weight excluding hydrogens is 516 g/mol. The van der Waals surface area contributed by atoms with E-state index in [2.05, 4.69) is 20.2 Å². The molecule has 0 spiro atoms. The molecular formula is C28H34N6O4S. The molecule has 3 aromatic rings. The number of pyridine rings is 1. The van der Waals surface area contributed by atoms with Crippen molar-refractivity contribution in [2.24, 2.45) is 0 Å². The SMILES string of the molecule is COc1cc(CNC(=O)c2csc(C3CCN(C(=O)N4CCN(c5ccccn5)CC4)CC3)n2)cc(OC)c1. The van der Waals surface area contributed by atoms with E-state index < -0.39 is 0 Å². The van der Waals surface area contributed by atoms with Gasteiger partial charge in [-0.15, -0.1) is 11.3 Å². The number of nitrogens with one attached hydrogen (secondary N) is 1. The van der Waals surface area contributed by atoms with Crippen LogP contribution in [0.2, 0.25) is 0 Å². The van der Waals surface area contributed by atoms with Crippen molar-refractivity contribution in [3.8, 4) is 11.5 Å². The summed E-state index contributed by atoms with van der Waals surface area (Å²) < 4.78 is 10.6. The number of methoxy groups -OCH3 is 2. The Morgan fingerprint density at radius 1 is 0.974 bits per heavy atom. The first-order valence-electron chi connectivity index (χ1n) is 13.2. The van der Waals surface area contributed by atoms with E-state index in [1.165, 1.54) is 11.3 Å². The number of piperazine rings is 1. The fourth-order valence-electron chi connectivity index (χ4n) is 5.01. The summed E-state index contributed by atoms with van der Waals surface area (Å²) >= 11 is 1.52. The van der Waals surface area contributed by atoms with Crippen LogP contribution < -0.4 is 19.7 Å². The van der Waals surface area contributed by atoms with Crippen molar-refractivity contribution in [3.63, 3.8) is 0 Å². The second kappa shape index (κ2) is 12.3. The van der Waals surface area contributed by atoms with Crippen molar-refractivity contribution in [3.05, 3.63) is 64.2 Å². The lowest BCUT2D eigenvalue weighted by Crippen LogP contribution is -2.54. The van der Waals surface area contributed by atoms with Crippen LogP contribution in [0.15, 0.2) is 48.0 Å². The normalized spacial score (nSPS) is 16.2. The van der Waals surface area contributed by atoms with E-state index >= 15 is 0 Å². The Bertz CT molecular complexity index is 1250. The van der Waals surface area contributed by atoms with Gasteiger partial charge in [0.25, 0.3) is 5.91 Å². The Hall–Kier alpha value is -3.86. The third-order valence-electron chi connectivity index (χ3n) is 7.26. The average molecular weight is 551 g/mol. The monoisotopic (exact) mass is 550 g/mol. The highest BCUT2D eigenvalue weighted by Crippen LogP contribution is 2.31. The lowest BCUT2D eigenvalue weighted by molar-refractivity contribution is 0.0946. The number of anilines is 1. The Balaban J connectivity index is 1.09. The molecule has 1 aromatic carbocycles. The maximum atomic E-state index is 13.1. The summed E-state index contributed by atoms with van der Waals surface area (Å²) in [7, 11) is 3.19. The molecule has 4 heterocycles. The number of hydrogen-bond donors (Lipinski definition) is 1. The second-order valence-electron chi connectivity index (χ2n) is 9.68. The van der Waals surface area contributed by atoms with Gasteiger partial charge in [-0.05, 0) is 42.7 Å². The molecule has 2 aliphatic rings. The predicted octanol–water partition coefficient (Wildman–Crippen LogP) is 3.61. The molecule has 10 nitrogen and oxygen atoms in total. The summed E-state index contributed by atoms with van der Waals surface area (Å²) in [5, 5.41) is 5.71. The van der Waals surface area contributed by atoms with E-state index in [1.54, 1.807) is 26.5 Å².